The summed E-state index contributed by atoms with van der Waals surface area (Å²) in [6.45, 7) is 8.18. The number of nitrogens with two attached hydrogens (primary N) is 1. The fourth-order valence-corrected chi connectivity index (χ4v) is 1.34. The number of carbonyl (C=O) groups excluding carboxylic acids is 1. The molecular formula is C11H23NO. The van der Waals surface area contributed by atoms with Crippen LogP contribution < -0.4 is 5.73 Å². The highest BCUT2D eigenvalue weighted by atomic mass is 16.1. The van der Waals surface area contributed by atoms with Crippen molar-refractivity contribution >= 4 is 5.78 Å². The van der Waals surface area contributed by atoms with E-state index in [9.17, 15) is 4.79 Å². The van der Waals surface area contributed by atoms with E-state index in [-0.39, 0.29) is 11.8 Å². The summed E-state index contributed by atoms with van der Waals surface area (Å²) in [5.74, 6) is 1.42. The van der Waals surface area contributed by atoms with Crippen molar-refractivity contribution in [2.75, 3.05) is 0 Å². The molecule has 13 heavy (non-hydrogen) atoms. The number of ketones is 1. The van der Waals surface area contributed by atoms with Gasteiger partial charge >= 0.3 is 0 Å². The smallest absolute Gasteiger partial charge is 0.146 e. The summed E-state index contributed by atoms with van der Waals surface area (Å²) >= 11 is 0. The van der Waals surface area contributed by atoms with E-state index in [1.54, 1.807) is 6.92 Å². The summed E-state index contributed by atoms with van der Waals surface area (Å²) in [4.78, 5) is 10.9. The zero-order chi connectivity index (χ0) is 10.4. The zero-order valence-corrected chi connectivity index (χ0v) is 9.34. The van der Waals surface area contributed by atoms with Crippen LogP contribution in [0.3, 0.4) is 0 Å². The van der Waals surface area contributed by atoms with E-state index in [1.165, 1.54) is 12.8 Å². The van der Waals surface area contributed by atoms with Crippen LogP contribution in [0.15, 0.2) is 0 Å². The number of hydrogen-bond donors (Lipinski definition) is 1. The third-order valence-electron chi connectivity index (χ3n) is 2.42. The summed E-state index contributed by atoms with van der Waals surface area (Å²) in [5.41, 5.74) is 5.67. The van der Waals surface area contributed by atoms with Crippen molar-refractivity contribution in [2.45, 2.75) is 53.0 Å². The molecule has 0 saturated carbocycles. The molecular weight excluding hydrogens is 162 g/mol. The Morgan fingerprint density at radius 3 is 2.15 bits per heavy atom. The SMILES string of the molecule is CC(=O)[C@@H](N)C[C@@H](C)CCC(C)C. The molecule has 0 spiro atoms. The Morgan fingerprint density at radius 1 is 1.23 bits per heavy atom. The quantitative estimate of drug-likeness (QED) is 0.690. The van der Waals surface area contributed by atoms with E-state index in [0.29, 0.717) is 5.92 Å². The van der Waals surface area contributed by atoms with Crippen molar-refractivity contribution < 1.29 is 4.79 Å². The van der Waals surface area contributed by atoms with Gasteiger partial charge in [-0.3, -0.25) is 4.79 Å². The average molecular weight is 185 g/mol. The van der Waals surface area contributed by atoms with Gasteiger partial charge in [0.1, 0.15) is 5.78 Å². The average Bonchev–Trinajstić information content (AvgIpc) is 2.00. The van der Waals surface area contributed by atoms with Gasteiger partial charge in [-0.25, -0.2) is 0 Å². The van der Waals surface area contributed by atoms with E-state index >= 15 is 0 Å². The molecule has 0 fully saturated rings. The largest absolute Gasteiger partial charge is 0.322 e. The molecule has 0 aliphatic rings. The molecule has 0 aromatic rings. The first-order valence-corrected chi connectivity index (χ1v) is 5.19. The third kappa shape index (κ3) is 6.76. The minimum Gasteiger partial charge on any atom is -0.322 e. The Balaban J connectivity index is 3.61. The van der Waals surface area contributed by atoms with E-state index < -0.39 is 0 Å². The second-order valence-corrected chi connectivity index (χ2v) is 4.53. The predicted molar refractivity (Wildman–Crippen MR) is 56.5 cm³/mol. The molecule has 0 saturated heterocycles. The van der Waals surface area contributed by atoms with E-state index in [2.05, 4.69) is 20.8 Å². The Bertz CT molecular complexity index is 154. The van der Waals surface area contributed by atoms with E-state index in [0.717, 1.165) is 12.3 Å². The van der Waals surface area contributed by atoms with Gasteiger partial charge in [0.05, 0.1) is 6.04 Å². The maximum Gasteiger partial charge on any atom is 0.146 e. The maximum atomic E-state index is 10.9. The van der Waals surface area contributed by atoms with Gasteiger partial charge in [-0.2, -0.15) is 0 Å². The monoisotopic (exact) mass is 185 g/mol. The molecule has 0 amide bonds. The molecule has 0 bridgehead atoms. The Kier molecular flexibility index (Phi) is 5.97. The number of hydrogen-bond acceptors (Lipinski definition) is 2. The number of Topliss-reactive ketones (excluding diaryl/α,β-unsaturated/α-hetero) is 1. The molecule has 0 heterocycles. The first-order chi connectivity index (χ1) is 5.93. The lowest BCUT2D eigenvalue weighted by molar-refractivity contribution is -0.118. The van der Waals surface area contributed by atoms with Crippen molar-refractivity contribution in [1.82, 2.24) is 0 Å². The van der Waals surface area contributed by atoms with Gasteiger partial charge in [0.15, 0.2) is 0 Å². The van der Waals surface area contributed by atoms with Gasteiger partial charge in [0.25, 0.3) is 0 Å². The summed E-state index contributed by atoms with van der Waals surface area (Å²) in [7, 11) is 0. The highest BCUT2D eigenvalue weighted by Crippen LogP contribution is 2.16. The molecule has 0 radical (unpaired) electrons. The van der Waals surface area contributed by atoms with Gasteiger partial charge in [-0.05, 0) is 25.2 Å². The fourth-order valence-electron chi connectivity index (χ4n) is 1.34. The molecule has 0 rings (SSSR count). The molecule has 0 unspecified atom stereocenters. The Hall–Kier alpha value is -0.370. The second kappa shape index (κ2) is 6.14. The van der Waals surface area contributed by atoms with Crippen molar-refractivity contribution in [2.24, 2.45) is 17.6 Å². The topological polar surface area (TPSA) is 43.1 Å². The highest BCUT2D eigenvalue weighted by molar-refractivity contribution is 5.81. The van der Waals surface area contributed by atoms with Crippen molar-refractivity contribution in [1.29, 1.82) is 0 Å². The molecule has 0 aliphatic carbocycles. The van der Waals surface area contributed by atoms with Gasteiger partial charge in [-0.1, -0.05) is 33.6 Å². The van der Waals surface area contributed by atoms with Crippen LogP contribution >= 0.6 is 0 Å². The number of carbonyl (C=O) groups is 1. The summed E-state index contributed by atoms with van der Waals surface area (Å²) < 4.78 is 0. The molecule has 0 aromatic carbocycles. The lowest BCUT2D eigenvalue weighted by Gasteiger charge is -2.15. The first kappa shape index (κ1) is 12.6. The van der Waals surface area contributed by atoms with Crippen LogP contribution in [0.1, 0.15) is 47.0 Å². The lowest BCUT2D eigenvalue weighted by atomic mass is 9.93. The highest BCUT2D eigenvalue weighted by Gasteiger charge is 2.12. The lowest BCUT2D eigenvalue weighted by Crippen LogP contribution is -2.30. The molecule has 2 N–H and O–H groups in total. The summed E-state index contributed by atoms with van der Waals surface area (Å²) in [6, 6.07) is -0.248. The van der Waals surface area contributed by atoms with E-state index in [4.69, 9.17) is 5.73 Å². The van der Waals surface area contributed by atoms with Crippen LogP contribution in [0.4, 0.5) is 0 Å². The molecule has 2 heteroatoms. The molecule has 2 nitrogen and oxygen atoms in total. The summed E-state index contributed by atoms with van der Waals surface area (Å²) in [6.07, 6.45) is 3.24. The van der Waals surface area contributed by atoms with Crippen LogP contribution in [-0.4, -0.2) is 11.8 Å². The Labute approximate surface area is 81.9 Å². The molecule has 0 aliphatic heterocycles. The first-order valence-electron chi connectivity index (χ1n) is 5.19. The standard InChI is InChI=1S/C11H23NO/c1-8(2)5-6-9(3)7-11(12)10(4)13/h8-9,11H,5-7,12H2,1-4H3/t9-,11-/m0/s1. The van der Waals surface area contributed by atoms with Gasteiger partial charge in [-0.15, -0.1) is 0 Å². The van der Waals surface area contributed by atoms with Crippen molar-refractivity contribution in [3.8, 4) is 0 Å². The van der Waals surface area contributed by atoms with Crippen LogP contribution in [0.25, 0.3) is 0 Å². The molecule has 0 aromatic heterocycles. The maximum absolute atomic E-state index is 10.9. The molecule has 78 valence electrons. The van der Waals surface area contributed by atoms with Gasteiger partial charge < -0.3 is 5.73 Å². The second-order valence-electron chi connectivity index (χ2n) is 4.53. The van der Waals surface area contributed by atoms with Crippen LogP contribution in [-0.2, 0) is 4.79 Å². The normalized spacial score (nSPS) is 15.8. The fraction of sp³-hybridized carbons (Fsp3) is 0.909. The van der Waals surface area contributed by atoms with E-state index in [1.807, 2.05) is 0 Å². The minimum atomic E-state index is -0.248. The molecule has 2 atom stereocenters. The number of rotatable bonds is 6. The van der Waals surface area contributed by atoms with Crippen molar-refractivity contribution in [3.05, 3.63) is 0 Å². The summed E-state index contributed by atoms with van der Waals surface area (Å²) in [5, 5.41) is 0. The zero-order valence-electron chi connectivity index (χ0n) is 9.34. The van der Waals surface area contributed by atoms with Crippen LogP contribution in [0.2, 0.25) is 0 Å². The Morgan fingerprint density at radius 2 is 1.77 bits per heavy atom. The van der Waals surface area contributed by atoms with Crippen LogP contribution in [0.5, 0.6) is 0 Å². The minimum absolute atomic E-state index is 0.108. The third-order valence-corrected chi connectivity index (χ3v) is 2.42. The van der Waals surface area contributed by atoms with Gasteiger partial charge in [0, 0.05) is 0 Å². The predicted octanol–water partition coefficient (Wildman–Crippen LogP) is 2.37. The van der Waals surface area contributed by atoms with Crippen LogP contribution in [0, 0.1) is 11.8 Å². The van der Waals surface area contributed by atoms with Gasteiger partial charge in [0.2, 0.25) is 0 Å². The van der Waals surface area contributed by atoms with Crippen molar-refractivity contribution in [3.63, 3.8) is 0 Å².